The van der Waals surface area contributed by atoms with Crippen LogP contribution < -0.4 is 5.73 Å². The fourth-order valence-corrected chi connectivity index (χ4v) is 3.00. The zero-order chi connectivity index (χ0) is 14.7. The fourth-order valence-electron chi connectivity index (χ4n) is 1.95. The number of thioether (sulfide) groups is 1. The van der Waals surface area contributed by atoms with Gasteiger partial charge in [0, 0.05) is 15.7 Å². The van der Waals surface area contributed by atoms with Gasteiger partial charge in [0.15, 0.2) is 5.84 Å². The van der Waals surface area contributed by atoms with E-state index in [9.17, 15) is 5.11 Å². The Morgan fingerprint density at radius 1 is 1.15 bits per heavy atom. The molecule has 2 atom stereocenters. The first-order valence-electron chi connectivity index (χ1n) is 6.39. The van der Waals surface area contributed by atoms with Crippen molar-refractivity contribution in [2.24, 2.45) is 10.9 Å². The summed E-state index contributed by atoms with van der Waals surface area (Å²) in [7, 11) is 0. The molecule has 2 unspecified atom stereocenters. The molecule has 20 heavy (non-hydrogen) atoms. The Morgan fingerprint density at radius 3 is 2.40 bits per heavy atom. The minimum atomic E-state index is -0.387. The van der Waals surface area contributed by atoms with Crippen LogP contribution in [-0.2, 0) is 0 Å². The van der Waals surface area contributed by atoms with Gasteiger partial charge in [-0.3, -0.25) is 0 Å². The van der Waals surface area contributed by atoms with Gasteiger partial charge in [-0.1, -0.05) is 36.3 Å². The average molecular weight is 290 g/mol. The molecule has 106 valence electrons. The summed E-state index contributed by atoms with van der Waals surface area (Å²) >= 11 is 1.62. The number of fused-ring (bicyclic) bond motifs is 1. The van der Waals surface area contributed by atoms with E-state index in [1.54, 1.807) is 18.7 Å². The molecule has 0 bridgehead atoms. The first kappa shape index (κ1) is 14.7. The van der Waals surface area contributed by atoms with Crippen molar-refractivity contribution in [1.82, 2.24) is 0 Å². The zero-order valence-electron chi connectivity index (χ0n) is 11.4. The minimum Gasteiger partial charge on any atom is -0.409 e. The Bertz CT molecular complexity index is 641. The fraction of sp³-hybridized carbons (Fsp3) is 0.267. The van der Waals surface area contributed by atoms with Crippen molar-refractivity contribution in [3.8, 4) is 0 Å². The van der Waals surface area contributed by atoms with Crippen molar-refractivity contribution < 1.29 is 10.3 Å². The molecule has 0 heterocycles. The van der Waals surface area contributed by atoms with Crippen molar-refractivity contribution in [3.05, 3.63) is 42.0 Å². The molecule has 0 radical (unpaired) electrons. The van der Waals surface area contributed by atoms with Crippen LogP contribution in [0.1, 0.15) is 19.4 Å². The van der Waals surface area contributed by atoms with Gasteiger partial charge in [-0.05, 0) is 29.8 Å². The van der Waals surface area contributed by atoms with Crippen molar-refractivity contribution in [1.29, 1.82) is 0 Å². The zero-order valence-corrected chi connectivity index (χ0v) is 12.3. The van der Waals surface area contributed by atoms with Crippen LogP contribution in [0.2, 0.25) is 0 Å². The summed E-state index contributed by atoms with van der Waals surface area (Å²) in [5.74, 6) is 0.0984. The lowest BCUT2D eigenvalue weighted by atomic mass is 10.0. The first-order valence-corrected chi connectivity index (χ1v) is 7.27. The maximum absolute atomic E-state index is 9.64. The molecule has 0 saturated heterocycles. The largest absolute Gasteiger partial charge is 0.409 e. The lowest BCUT2D eigenvalue weighted by Crippen LogP contribution is -2.15. The quantitative estimate of drug-likeness (QED) is 0.266. The minimum absolute atomic E-state index is 0.0908. The number of aliphatic hydroxyl groups excluding tert-OH is 1. The maximum Gasteiger partial charge on any atom is 0.170 e. The van der Waals surface area contributed by atoms with E-state index in [1.807, 2.05) is 43.3 Å². The molecule has 0 amide bonds. The van der Waals surface area contributed by atoms with Gasteiger partial charge in [0.05, 0.1) is 6.10 Å². The summed E-state index contributed by atoms with van der Waals surface area (Å²) in [5.41, 5.74) is 6.42. The highest BCUT2D eigenvalue weighted by Crippen LogP contribution is 2.33. The highest BCUT2D eigenvalue weighted by Gasteiger charge is 2.14. The molecule has 0 saturated carbocycles. The van der Waals surface area contributed by atoms with Crippen LogP contribution in [0, 0.1) is 0 Å². The number of hydrogen-bond acceptors (Lipinski definition) is 4. The lowest BCUT2D eigenvalue weighted by molar-refractivity contribution is 0.196. The summed E-state index contributed by atoms with van der Waals surface area (Å²) in [6, 6.07) is 11.6. The van der Waals surface area contributed by atoms with Gasteiger partial charge in [-0.25, -0.2) is 0 Å². The molecule has 4 N–H and O–H groups in total. The van der Waals surface area contributed by atoms with E-state index in [4.69, 9.17) is 10.9 Å². The predicted molar refractivity (Wildman–Crippen MR) is 83.5 cm³/mol. The standard InChI is InChI=1S/C15H18N2O2S/c1-9(18)10(2)20-14-8-7-13(15(16)17-19)11-5-3-4-6-12(11)14/h3-10,18-19H,1-2H3,(H2,16,17). The number of amidine groups is 1. The maximum atomic E-state index is 9.64. The van der Waals surface area contributed by atoms with Crippen LogP contribution in [0.4, 0.5) is 0 Å². The van der Waals surface area contributed by atoms with E-state index in [2.05, 4.69) is 5.16 Å². The molecule has 2 rings (SSSR count). The number of nitrogens with two attached hydrogens (primary N) is 1. The monoisotopic (exact) mass is 290 g/mol. The highest BCUT2D eigenvalue weighted by atomic mass is 32.2. The van der Waals surface area contributed by atoms with Crippen LogP contribution in [0.5, 0.6) is 0 Å². The van der Waals surface area contributed by atoms with Crippen molar-refractivity contribution in [2.45, 2.75) is 30.1 Å². The number of rotatable bonds is 4. The average Bonchev–Trinajstić information content (AvgIpc) is 2.46. The Morgan fingerprint density at radius 2 is 1.80 bits per heavy atom. The third-order valence-electron chi connectivity index (χ3n) is 3.26. The van der Waals surface area contributed by atoms with E-state index in [0.29, 0.717) is 5.56 Å². The van der Waals surface area contributed by atoms with Crippen LogP contribution in [0.15, 0.2) is 46.4 Å². The SMILES string of the molecule is CC(O)C(C)Sc1ccc(/C(N)=N/O)c2ccccc12. The molecular formula is C15H18N2O2S. The van der Waals surface area contributed by atoms with Gasteiger partial charge in [0.25, 0.3) is 0 Å². The van der Waals surface area contributed by atoms with E-state index in [0.717, 1.165) is 15.7 Å². The summed E-state index contributed by atoms with van der Waals surface area (Å²) in [4.78, 5) is 1.07. The number of hydrogen-bond donors (Lipinski definition) is 3. The van der Waals surface area contributed by atoms with Gasteiger partial charge < -0.3 is 16.0 Å². The van der Waals surface area contributed by atoms with Crippen LogP contribution in [0.3, 0.4) is 0 Å². The Labute approximate surface area is 122 Å². The second-order valence-electron chi connectivity index (χ2n) is 4.71. The Hall–Kier alpha value is -1.72. The van der Waals surface area contributed by atoms with Gasteiger partial charge in [-0.15, -0.1) is 11.8 Å². The van der Waals surface area contributed by atoms with Crippen molar-refractivity contribution >= 4 is 28.4 Å². The molecule has 0 fully saturated rings. The third kappa shape index (κ3) is 2.89. The van der Waals surface area contributed by atoms with Crippen LogP contribution >= 0.6 is 11.8 Å². The van der Waals surface area contributed by atoms with E-state index < -0.39 is 0 Å². The summed E-state index contributed by atoms with van der Waals surface area (Å²) in [6.45, 7) is 3.77. The van der Waals surface area contributed by atoms with Crippen LogP contribution in [0.25, 0.3) is 10.8 Å². The van der Waals surface area contributed by atoms with Crippen molar-refractivity contribution in [3.63, 3.8) is 0 Å². The van der Waals surface area contributed by atoms with Gasteiger partial charge >= 0.3 is 0 Å². The summed E-state index contributed by atoms with van der Waals surface area (Å²) < 4.78 is 0. The molecule has 0 spiro atoms. The molecule has 4 nitrogen and oxygen atoms in total. The molecule has 0 aromatic heterocycles. The van der Waals surface area contributed by atoms with E-state index in [1.165, 1.54) is 0 Å². The number of benzene rings is 2. The molecule has 2 aromatic rings. The molecule has 5 heteroatoms. The van der Waals surface area contributed by atoms with Gasteiger partial charge in [-0.2, -0.15) is 0 Å². The molecule has 2 aromatic carbocycles. The highest BCUT2D eigenvalue weighted by molar-refractivity contribution is 8.00. The smallest absolute Gasteiger partial charge is 0.170 e. The number of oxime groups is 1. The predicted octanol–water partition coefficient (Wildman–Crippen LogP) is 2.80. The third-order valence-corrected chi connectivity index (χ3v) is 4.64. The van der Waals surface area contributed by atoms with Gasteiger partial charge in [0.2, 0.25) is 0 Å². The molecule has 0 aliphatic carbocycles. The van der Waals surface area contributed by atoms with E-state index >= 15 is 0 Å². The first-order chi connectivity index (χ1) is 9.54. The molecule has 0 aliphatic heterocycles. The number of nitrogens with zero attached hydrogens (tertiary/aromatic N) is 1. The summed E-state index contributed by atoms with van der Waals surface area (Å²) in [5, 5.41) is 23.6. The second kappa shape index (κ2) is 6.15. The Balaban J connectivity index is 2.54. The van der Waals surface area contributed by atoms with Crippen LogP contribution in [-0.4, -0.2) is 27.5 Å². The molecular weight excluding hydrogens is 272 g/mol. The number of aliphatic hydroxyl groups is 1. The van der Waals surface area contributed by atoms with Crippen molar-refractivity contribution in [2.75, 3.05) is 0 Å². The molecule has 0 aliphatic rings. The topological polar surface area (TPSA) is 78.8 Å². The Kier molecular flexibility index (Phi) is 4.52. The van der Waals surface area contributed by atoms with E-state index in [-0.39, 0.29) is 17.2 Å². The lowest BCUT2D eigenvalue weighted by Gasteiger charge is -2.16. The second-order valence-corrected chi connectivity index (χ2v) is 6.12. The van der Waals surface area contributed by atoms with Gasteiger partial charge in [0.1, 0.15) is 0 Å². The normalized spacial score (nSPS) is 15.2. The summed E-state index contributed by atoms with van der Waals surface area (Å²) in [6.07, 6.45) is -0.387.